The van der Waals surface area contributed by atoms with Gasteiger partial charge in [0.2, 0.25) is 0 Å². The van der Waals surface area contributed by atoms with Crippen molar-refractivity contribution in [1.82, 2.24) is 0 Å². The normalized spacial score (nSPS) is 10.3. The molecule has 0 aliphatic rings. The summed E-state index contributed by atoms with van der Waals surface area (Å²) in [6.45, 7) is 2.55. The molecule has 0 radical (unpaired) electrons. The second-order valence-electron chi connectivity index (χ2n) is 3.91. The summed E-state index contributed by atoms with van der Waals surface area (Å²) in [4.78, 5) is 12.1. The van der Waals surface area contributed by atoms with Gasteiger partial charge in [-0.2, -0.15) is 0 Å². The number of aryl methyl sites for hydroxylation is 1. The Bertz CT molecular complexity index is 580. The third-order valence-electron chi connectivity index (χ3n) is 2.45. The highest BCUT2D eigenvalue weighted by molar-refractivity contribution is 7.13. The van der Waals surface area contributed by atoms with Crippen molar-refractivity contribution in [3.05, 3.63) is 50.7 Å². The zero-order valence-electron chi connectivity index (χ0n) is 9.74. The van der Waals surface area contributed by atoms with Crippen molar-refractivity contribution < 1.29 is 9.90 Å². The van der Waals surface area contributed by atoms with E-state index in [0.717, 1.165) is 16.1 Å². The minimum absolute atomic E-state index is 0.349. The van der Waals surface area contributed by atoms with Crippen LogP contribution >= 0.6 is 22.9 Å². The van der Waals surface area contributed by atoms with Gasteiger partial charge in [0.15, 0.2) is 0 Å². The lowest BCUT2D eigenvalue weighted by molar-refractivity contribution is 0.0702. The topological polar surface area (TPSA) is 49.3 Å². The van der Waals surface area contributed by atoms with E-state index in [1.54, 1.807) is 6.07 Å². The minimum Gasteiger partial charge on any atom is -0.477 e. The van der Waals surface area contributed by atoms with Crippen LogP contribution in [0.25, 0.3) is 0 Å². The number of halogens is 1. The molecule has 94 valence electrons. The van der Waals surface area contributed by atoms with Crippen molar-refractivity contribution in [2.45, 2.75) is 13.5 Å². The van der Waals surface area contributed by atoms with Crippen molar-refractivity contribution in [2.75, 3.05) is 5.32 Å². The predicted molar refractivity (Wildman–Crippen MR) is 74.8 cm³/mol. The Morgan fingerprint density at radius 1 is 1.39 bits per heavy atom. The molecule has 0 amide bonds. The minimum atomic E-state index is -0.889. The van der Waals surface area contributed by atoms with E-state index >= 15 is 0 Å². The van der Waals surface area contributed by atoms with Gasteiger partial charge < -0.3 is 10.4 Å². The van der Waals surface area contributed by atoms with Crippen molar-refractivity contribution >= 4 is 34.6 Å². The molecule has 2 N–H and O–H groups in total. The third kappa shape index (κ3) is 3.03. The van der Waals surface area contributed by atoms with E-state index in [0.29, 0.717) is 16.4 Å². The first kappa shape index (κ1) is 12.9. The van der Waals surface area contributed by atoms with Gasteiger partial charge in [0, 0.05) is 11.4 Å². The van der Waals surface area contributed by atoms with Crippen LogP contribution in [0.1, 0.15) is 20.1 Å². The number of aromatic carboxylic acids is 1. The van der Waals surface area contributed by atoms with Crippen LogP contribution in [-0.2, 0) is 6.54 Å². The number of carbonyl (C=O) groups is 1. The fourth-order valence-corrected chi connectivity index (χ4v) is 2.62. The second-order valence-corrected chi connectivity index (χ2v) is 5.48. The van der Waals surface area contributed by atoms with E-state index in [4.69, 9.17) is 16.7 Å². The predicted octanol–water partition coefficient (Wildman–Crippen LogP) is 4.02. The Hall–Kier alpha value is -1.52. The lowest BCUT2D eigenvalue weighted by Gasteiger charge is -2.07. The quantitative estimate of drug-likeness (QED) is 0.890. The Labute approximate surface area is 114 Å². The van der Waals surface area contributed by atoms with Crippen molar-refractivity contribution in [3.63, 3.8) is 0 Å². The molecular formula is C13H12ClNO2S. The van der Waals surface area contributed by atoms with E-state index in [1.807, 2.05) is 31.2 Å². The maximum atomic E-state index is 10.7. The fraction of sp³-hybridized carbons (Fsp3) is 0.154. The maximum Gasteiger partial charge on any atom is 0.345 e. The summed E-state index contributed by atoms with van der Waals surface area (Å²) in [5, 5.41) is 12.7. The molecule has 0 spiro atoms. The molecule has 0 aliphatic heterocycles. The largest absolute Gasteiger partial charge is 0.477 e. The van der Waals surface area contributed by atoms with Crippen LogP contribution in [-0.4, -0.2) is 11.1 Å². The number of carboxylic acid groups (broad SMARTS) is 1. The second kappa shape index (κ2) is 5.42. The molecule has 2 rings (SSSR count). The molecule has 18 heavy (non-hydrogen) atoms. The van der Waals surface area contributed by atoms with Crippen LogP contribution in [0.2, 0.25) is 5.02 Å². The molecule has 0 fully saturated rings. The van der Waals surface area contributed by atoms with Gasteiger partial charge in [0.05, 0.1) is 10.7 Å². The van der Waals surface area contributed by atoms with Gasteiger partial charge in [0.25, 0.3) is 0 Å². The van der Waals surface area contributed by atoms with Crippen LogP contribution < -0.4 is 5.32 Å². The van der Waals surface area contributed by atoms with Gasteiger partial charge in [-0.25, -0.2) is 4.79 Å². The van der Waals surface area contributed by atoms with Gasteiger partial charge in [-0.05, 0) is 36.8 Å². The summed E-state index contributed by atoms with van der Waals surface area (Å²) in [5.41, 5.74) is 1.96. The smallest absolute Gasteiger partial charge is 0.345 e. The van der Waals surface area contributed by atoms with Gasteiger partial charge >= 0.3 is 5.97 Å². The molecule has 2 aromatic rings. The summed E-state index contributed by atoms with van der Waals surface area (Å²) in [6.07, 6.45) is 0. The average molecular weight is 282 g/mol. The van der Waals surface area contributed by atoms with Crippen molar-refractivity contribution in [2.24, 2.45) is 0 Å². The van der Waals surface area contributed by atoms with Crippen LogP contribution in [0.3, 0.4) is 0 Å². The number of rotatable bonds is 4. The number of carboxylic acids is 1. The molecule has 5 heteroatoms. The zero-order chi connectivity index (χ0) is 13.1. The highest BCUT2D eigenvalue weighted by atomic mass is 35.5. The first-order valence-electron chi connectivity index (χ1n) is 5.38. The molecule has 1 heterocycles. The molecule has 0 aliphatic carbocycles. The van der Waals surface area contributed by atoms with Crippen molar-refractivity contribution in [3.8, 4) is 0 Å². The van der Waals surface area contributed by atoms with Crippen LogP contribution in [0.15, 0.2) is 30.3 Å². The highest BCUT2D eigenvalue weighted by Crippen LogP contribution is 2.24. The van der Waals surface area contributed by atoms with E-state index in [-0.39, 0.29) is 0 Å². The number of nitrogens with one attached hydrogen (secondary N) is 1. The number of thiophene rings is 1. The molecule has 0 saturated carbocycles. The van der Waals surface area contributed by atoms with Crippen LogP contribution in [0.4, 0.5) is 5.69 Å². The lowest BCUT2D eigenvalue weighted by Crippen LogP contribution is -1.98. The Kier molecular flexibility index (Phi) is 3.89. The Morgan fingerprint density at radius 2 is 2.17 bits per heavy atom. The number of benzene rings is 1. The number of anilines is 1. The Balaban J connectivity index is 2.04. The third-order valence-corrected chi connectivity index (χ3v) is 3.84. The lowest BCUT2D eigenvalue weighted by atomic mass is 10.2. The SMILES string of the molecule is Cc1ccc(NCc2ccc(C(=O)O)s2)c(Cl)c1. The average Bonchev–Trinajstić information content (AvgIpc) is 2.76. The monoisotopic (exact) mass is 281 g/mol. The summed E-state index contributed by atoms with van der Waals surface area (Å²) in [6, 6.07) is 9.21. The Morgan fingerprint density at radius 3 is 2.78 bits per heavy atom. The molecular weight excluding hydrogens is 270 g/mol. The fourth-order valence-electron chi connectivity index (χ4n) is 1.53. The van der Waals surface area contributed by atoms with Gasteiger partial charge in [-0.3, -0.25) is 0 Å². The first-order chi connectivity index (χ1) is 8.56. The van der Waals surface area contributed by atoms with Crippen LogP contribution in [0.5, 0.6) is 0 Å². The highest BCUT2D eigenvalue weighted by Gasteiger charge is 2.07. The van der Waals surface area contributed by atoms with E-state index in [2.05, 4.69) is 5.32 Å². The molecule has 0 atom stereocenters. The number of hydrogen-bond donors (Lipinski definition) is 2. The van der Waals surface area contributed by atoms with Crippen molar-refractivity contribution in [1.29, 1.82) is 0 Å². The molecule has 1 aromatic heterocycles. The molecule has 0 unspecified atom stereocenters. The number of hydrogen-bond acceptors (Lipinski definition) is 3. The molecule has 0 bridgehead atoms. The molecule has 0 saturated heterocycles. The van der Waals surface area contributed by atoms with E-state index < -0.39 is 5.97 Å². The zero-order valence-corrected chi connectivity index (χ0v) is 11.3. The first-order valence-corrected chi connectivity index (χ1v) is 6.58. The van der Waals surface area contributed by atoms with Gasteiger partial charge in [-0.1, -0.05) is 17.7 Å². The summed E-state index contributed by atoms with van der Waals surface area (Å²) in [7, 11) is 0. The summed E-state index contributed by atoms with van der Waals surface area (Å²) < 4.78 is 0. The van der Waals surface area contributed by atoms with Crippen LogP contribution in [0, 0.1) is 6.92 Å². The van der Waals surface area contributed by atoms with E-state index in [9.17, 15) is 4.79 Å². The summed E-state index contributed by atoms with van der Waals surface area (Å²) >= 11 is 7.36. The van der Waals surface area contributed by atoms with E-state index in [1.165, 1.54) is 11.3 Å². The maximum absolute atomic E-state index is 10.7. The molecule has 3 nitrogen and oxygen atoms in total. The standard InChI is InChI=1S/C13H12ClNO2S/c1-8-2-4-11(10(14)6-8)15-7-9-3-5-12(18-9)13(16)17/h2-6,15H,7H2,1H3,(H,16,17). The van der Waals surface area contributed by atoms with Gasteiger partial charge in [0.1, 0.15) is 4.88 Å². The van der Waals surface area contributed by atoms with Gasteiger partial charge in [-0.15, -0.1) is 11.3 Å². The molecule has 1 aromatic carbocycles. The summed E-state index contributed by atoms with van der Waals surface area (Å²) in [5.74, 6) is -0.889.